The van der Waals surface area contributed by atoms with Crippen molar-refractivity contribution in [2.24, 2.45) is 0 Å². The molecule has 2 heterocycles. The third-order valence-electron chi connectivity index (χ3n) is 4.50. The Morgan fingerprint density at radius 3 is 2.69 bits per heavy atom. The van der Waals surface area contributed by atoms with Crippen LogP contribution in [0.3, 0.4) is 0 Å². The fraction of sp³-hybridized carbons (Fsp3) is 0.250. The maximum absolute atomic E-state index is 8.86. The van der Waals surface area contributed by atoms with Crippen molar-refractivity contribution in [3.63, 3.8) is 0 Å². The molecule has 26 heavy (non-hydrogen) atoms. The van der Waals surface area contributed by atoms with E-state index in [2.05, 4.69) is 38.6 Å². The highest BCUT2D eigenvalue weighted by Gasteiger charge is 2.24. The zero-order valence-corrected chi connectivity index (χ0v) is 14.3. The molecule has 6 nitrogen and oxygen atoms in total. The number of nitrogens with zero attached hydrogens (tertiary/aromatic N) is 4. The maximum atomic E-state index is 8.86. The molecule has 0 radical (unpaired) electrons. The normalized spacial score (nSPS) is 17.1. The molecule has 0 spiro atoms. The summed E-state index contributed by atoms with van der Waals surface area (Å²) in [7, 11) is 0. The minimum Gasteiger partial charge on any atom is -0.419 e. The van der Waals surface area contributed by atoms with E-state index in [-0.39, 0.29) is 0 Å². The molecular formula is C20H19N5O. The first kappa shape index (κ1) is 16.3. The van der Waals surface area contributed by atoms with E-state index >= 15 is 0 Å². The molecule has 0 aliphatic carbocycles. The number of likely N-dealkylation sites (tertiary alicyclic amines) is 1. The van der Waals surface area contributed by atoms with Crippen molar-refractivity contribution in [2.75, 3.05) is 18.4 Å². The molecule has 130 valence electrons. The number of nitrogens with one attached hydrogen (secondary N) is 1. The van der Waals surface area contributed by atoms with Gasteiger partial charge in [-0.2, -0.15) is 5.26 Å². The van der Waals surface area contributed by atoms with Crippen LogP contribution in [0.4, 0.5) is 5.69 Å². The lowest BCUT2D eigenvalue weighted by molar-refractivity contribution is 0.290. The number of aromatic nitrogens is 2. The topological polar surface area (TPSA) is 78.0 Å². The number of benzene rings is 2. The lowest BCUT2D eigenvalue weighted by atomic mass is 10.1. The fourth-order valence-electron chi connectivity index (χ4n) is 3.18. The van der Waals surface area contributed by atoms with Crippen molar-refractivity contribution in [1.29, 1.82) is 5.26 Å². The van der Waals surface area contributed by atoms with Gasteiger partial charge in [-0.05, 0) is 42.8 Å². The smallest absolute Gasteiger partial charge is 0.247 e. The Labute approximate surface area is 152 Å². The molecule has 1 saturated heterocycles. The Morgan fingerprint density at radius 1 is 1.12 bits per heavy atom. The standard InChI is InChI=1S/C20H19N5O/c21-12-15-6-8-16(9-7-15)20-24-23-19(26-20)14-25-11-10-18(13-25)22-17-4-2-1-3-5-17/h1-9,18,22H,10-11,13-14H2. The monoisotopic (exact) mass is 345 g/mol. The zero-order valence-electron chi connectivity index (χ0n) is 14.3. The molecule has 1 N–H and O–H groups in total. The predicted molar refractivity (Wildman–Crippen MR) is 98.2 cm³/mol. The minimum atomic E-state index is 0.429. The summed E-state index contributed by atoms with van der Waals surface area (Å²) in [6.07, 6.45) is 1.09. The highest BCUT2D eigenvalue weighted by atomic mass is 16.4. The van der Waals surface area contributed by atoms with Crippen LogP contribution >= 0.6 is 0 Å². The molecule has 1 unspecified atom stereocenters. The van der Waals surface area contributed by atoms with Crippen LogP contribution in [0, 0.1) is 11.3 Å². The second-order valence-electron chi connectivity index (χ2n) is 6.42. The van der Waals surface area contributed by atoms with Gasteiger partial charge in [0.2, 0.25) is 11.8 Å². The molecule has 3 aromatic rings. The molecule has 1 atom stereocenters. The van der Waals surface area contributed by atoms with Gasteiger partial charge in [0.05, 0.1) is 18.2 Å². The van der Waals surface area contributed by atoms with Crippen molar-refractivity contribution in [1.82, 2.24) is 15.1 Å². The quantitative estimate of drug-likeness (QED) is 0.764. The number of hydrogen-bond acceptors (Lipinski definition) is 6. The van der Waals surface area contributed by atoms with Crippen LogP contribution in [0.25, 0.3) is 11.5 Å². The number of nitriles is 1. The van der Waals surface area contributed by atoms with Crippen LogP contribution in [0.15, 0.2) is 59.0 Å². The molecule has 2 aromatic carbocycles. The first-order valence-electron chi connectivity index (χ1n) is 8.67. The van der Waals surface area contributed by atoms with E-state index in [9.17, 15) is 0 Å². The average Bonchev–Trinajstić information content (AvgIpc) is 3.33. The average molecular weight is 345 g/mol. The van der Waals surface area contributed by atoms with E-state index in [4.69, 9.17) is 9.68 Å². The SMILES string of the molecule is N#Cc1ccc(-c2nnc(CN3CCC(Nc4ccccc4)C3)o2)cc1. The van der Waals surface area contributed by atoms with Gasteiger partial charge < -0.3 is 9.73 Å². The molecule has 1 aliphatic heterocycles. The summed E-state index contributed by atoms with van der Waals surface area (Å²) in [6, 6.07) is 20.0. The summed E-state index contributed by atoms with van der Waals surface area (Å²) in [6.45, 7) is 2.60. The summed E-state index contributed by atoms with van der Waals surface area (Å²) < 4.78 is 5.79. The minimum absolute atomic E-state index is 0.429. The Balaban J connectivity index is 1.35. The molecule has 1 fully saturated rings. The molecule has 0 saturated carbocycles. The van der Waals surface area contributed by atoms with Gasteiger partial charge in [-0.15, -0.1) is 10.2 Å². The maximum Gasteiger partial charge on any atom is 0.247 e. The highest BCUT2D eigenvalue weighted by molar-refractivity contribution is 5.54. The Kier molecular flexibility index (Phi) is 4.63. The third kappa shape index (κ3) is 3.73. The number of rotatable bonds is 5. The van der Waals surface area contributed by atoms with Gasteiger partial charge in [-0.1, -0.05) is 18.2 Å². The lowest BCUT2D eigenvalue weighted by Gasteiger charge is -2.15. The summed E-state index contributed by atoms with van der Waals surface area (Å²) in [4.78, 5) is 2.32. The van der Waals surface area contributed by atoms with Gasteiger partial charge in [0.15, 0.2) is 0 Å². The van der Waals surface area contributed by atoms with Crippen LogP contribution in [0.5, 0.6) is 0 Å². The van der Waals surface area contributed by atoms with Gasteiger partial charge in [-0.25, -0.2) is 0 Å². The molecular weight excluding hydrogens is 326 g/mol. The van der Waals surface area contributed by atoms with Crippen molar-refractivity contribution < 1.29 is 4.42 Å². The largest absolute Gasteiger partial charge is 0.419 e. The van der Waals surface area contributed by atoms with E-state index in [1.807, 2.05) is 30.3 Å². The van der Waals surface area contributed by atoms with Crippen LogP contribution in [0.1, 0.15) is 17.9 Å². The van der Waals surface area contributed by atoms with E-state index in [1.54, 1.807) is 12.1 Å². The van der Waals surface area contributed by atoms with E-state index in [0.717, 1.165) is 30.8 Å². The van der Waals surface area contributed by atoms with E-state index in [0.29, 0.717) is 29.9 Å². The molecule has 1 aromatic heterocycles. The summed E-state index contributed by atoms with van der Waals surface area (Å²) in [5.41, 5.74) is 2.59. The Morgan fingerprint density at radius 2 is 1.92 bits per heavy atom. The zero-order chi connectivity index (χ0) is 17.8. The van der Waals surface area contributed by atoms with Gasteiger partial charge in [0.25, 0.3) is 0 Å². The second-order valence-corrected chi connectivity index (χ2v) is 6.42. The molecule has 0 amide bonds. The fourth-order valence-corrected chi connectivity index (χ4v) is 3.18. The van der Waals surface area contributed by atoms with E-state index in [1.165, 1.54) is 0 Å². The van der Waals surface area contributed by atoms with Crippen LogP contribution in [0.2, 0.25) is 0 Å². The van der Waals surface area contributed by atoms with E-state index < -0.39 is 0 Å². The van der Waals surface area contributed by atoms with Crippen LogP contribution in [-0.4, -0.2) is 34.2 Å². The Bertz CT molecular complexity index is 898. The first-order chi connectivity index (χ1) is 12.8. The Hall–Kier alpha value is -3.17. The molecule has 4 rings (SSSR count). The second kappa shape index (κ2) is 7.38. The summed E-state index contributed by atoms with van der Waals surface area (Å²) in [5, 5.41) is 20.7. The molecule has 0 bridgehead atoms. The lowest BCUT2D eigenvalue weighted by Crippen LogP contribution is -2.26. The number of hydrogen-bond donors (Lipinski definition) is 1. The van der Waals surface area contributed by atoms with Gasteiger partial charge in [-0.3, -0.25) is 4.90 Å². The third-order valence-corrected chi connectivity index (χ3v) is 4.50. The number of anilines is 1. The van der Waals surface area contributed by atoms with Crippen molar-refractivity contribution in [3.05, 3.63) is 66.1 Å². The number of para-hydroxylation sites is 1. The predicted octanol–water partition coefficient (Wildman–Crippen LogP) is 3.29. The van der Waals surface area contributed by atoms with Gasteiger partial charge >= 0.3 is 0 Å². The van der Waals surface area contributed by atoms with Crippen LogP contribution < -0.4 is 5.32 Å². The van der Waals surface area contributed by atoms with Gasteiger partial charge in [0.1, 0.15) is 0 Å². The summed E-state index contributed by atoms with van der Waals surface area (Å²) >= 11 is 0. The highest BCUT2D eigenvalue weighted by Crippen LogP contribution is 2.21. The summed E-state index contributed by atoms with van der Waals surface area (Å²) in [5.74, 6) is 1.10. The van der Waals surface area contributed by atoms with Crippen molar-refractivity contribution in [3.8, 4) is 17.5 Å². The molecule has 6 heteroatoms. The van der Waals surface area contributed by atoms with Crippen molar-refractivity contribution >= 4 is 5.69 Å². The van der Waals surface area contributed by atoms with Crippen LogP contribution in [-0.2, 0) is 6.54 Å². The molecule has 1 aliphatic rings. The van der Waals surface area contributed by atoms with Gasteiger partial charge in [0, 0.05) is 30.4 Å². The van der Waals surface area contributed by atoms with Crippen molar-refractivity contribution in [2.45, 2.75) is 19.0 Å². The first-order valence-corrected chi connectivity index (χ1v) is 8.67.